The fourth-order valence-electron chi connectivity index (χ4n) is 3.22. The SMILES string of the molecule is CN1C(=O)CC[C@H](C(=O)Nc2ccccc2O)[C@H]1c1ccccc1. The van der Waals surface area contributed by atoms with Gasteiger partial charge in [-0.15, -0.1) is 0 Å². The van der Waals surface area contributed by atoms with E-state index in [4.69, 9.17) is 0 Å². The summed E-state index contributed by atoms with van der Waals surface area (Å²) in [5.41, 5.74) is 1.32. The van der Waals surface area contributed by atoms with Gasteiger partial charge >= 0.3 is 0 Å². The summed E-state index contributed by atoms with van der Waals surface area (Å²) in [5.74, 6) is -0.489. The van der Waals surface area contributed by atoms with Gasteiger partial charge in [0.1, 0.15) is 5.75 Å². The maximum Gasteiger partial charge on any atom is 0.230 e. The van der Waals surface area contributed by atoms with Crippen molar-refractivity contribution < 1.29 is 14.7 Å². The van der Waals surface area contributed by atoms with Crippen molar-refractivity contribution in [2.24, 2.45) is 5.92 Å². The number of para-hydroxylation sites is 2. The first-order valence-corrected chi connectivity index (χ1v) is 7.97. The van der Waals surface area contributed by atoms with Gasteiger partial charge < -0.3 is 15.3 Å². The number of anilines is 1. The third-order valence-corrected chi connectivity index (χ3v) is 4.50. The molecule has 24 heavy (non-hydrogen) atoms. The number of phenols is 1. The van der Waals surface area contributed by atoms with Crippen molar-refractivity contribution >= 4 is 17.5 Å². The molecule has 0 radical (unpaired) electrons. The van der Waals surface area contributed by atoms with Gasteiger partial charge in [-0.05, 0) is 24.1 Å². The number of phenolic OH excluding ortho intramolecular Hbond substituents is 1. The number of nitrogens with zero attached hydrogens (tertiary/aromatic N) is 1. The molecule has 2 N–H and O–H groups in total. The van der Waals surface area contributed by atoms with E-state index in [-0.39, 0.29) is 29.5 Å². The molecule has 0 saturated carbocycles. The Morgan fingerprint density at radius 2 is 1.79 bits per heavy atom. The van der Waals surface area contributed by atoms with Crippen molar-refractivity contribution in [3.05, 3.63) is 60.2 Å². The molecule has 0 bridgehead atoms. The number of piperidine rings is 1. The largest absolute Gasteiger partial charge is 0.506 e. The van der Waals surface area contributed by atoms with Crippen molar-refractivity contribution in [2.75, 3.05) is 12.4 Å². The Hall–Kier alpha value is -2.82. The van der Waals surface area contributed by atoms with Gasteiger partial charge in [0.05, 0.1) is 17.6 Å². The third-order valence-electron chi connectivity index (χ3n) is 4.50. The average Bonchev–Trinajstić information content (AvgIpc) is 2.60. The Bertz CT molecular complexity index is 745. The van der Waals surface area contributed by atoms with Crippen molar-refractivity contribution in [1.82, 2.24) is 4.90 Å². The van der Waals surface area contributed by atoms with E-state index in [2.05, 4.69) is 5.32 Å². The minimum atomic E-state index is -0.366. The van der Waals surface area contributed by atoms with Gasteiger partial charge in [0.2, 0.25) is 11.8 Å². The van der Waals surface area contributed by atoms with Crippen LogP contribution in [0.4, 0.5) is 5.69 Å². The molecule has 5 nitrogen and oxygen atoms in total. The molecule has 1 fully saturated rings. The van der Waals surface area contributed by atoms with Crippen LogP contribution in [0, 0.1) is 5.92 Å². The minimum absolute atomic E-state index is 0.0300. The first-order valence-electron chi connectivity index (χ1n) is 7.97. The molecule has 5 heteroatoms. The van der Waals surface area contributed by atoms with Crippen LogP contribution < -0.4 is 5.32 Å². The van der Waals surface area contributed by atoms with Gasteiger partial charge in [-0.3, -0.25) is 9.59 Å². The smallest absolute Gasteiger partial charge is 0.230 e. The maximum atomic E-state index is 12.8. The summed E-state index contributed by atoms with van der Waals surface area (Å²) in [5, 5.41) is 12.6. The fraction of sp³-hybridized carbons (Fsp3) is 0.263. The number of hydrogen-bond acceptors (Lipinski definition) is 3. The van der Waals surface area contributed by atoms with E-state index >= 15 is 0 Å². The second kappa shape index (κ2) is 6.74. The zero-order valence-electron chi connectivity index (χ0n) is 13.5. The second-order valence-corrected chi connectivity index (χ2v) is 6.01. The van der Waals surface area contributed by atoms with Gasteiger partial charge in [-0.2, -0.15) is 0 Å². The lowest BCUT2D eigenvalue weighted by Gasteiger charge is -2.38. The van der Waals surface area contributed by atoms with E-state index in [1.54, 1.807) is 30.1 Å². The van der Waals surface area contributed by atoms with Crippen LogP contribution in [0.2, 0.25) is 0 Å². The first-order chi connectivity index (χ1) is 11.6. The Kier molecular flexibility index (Phi) is 4.51. The standard InChI is InChI=1S/C19H20N2O3/c1-21-17(23)12-11-14(18(21)13-7-3-2-4-8-13)19(24)20-15-9-5-6-10-16(15)22/h2-10,14,18,22H,11-12H2,1H3,(H,20,24)/t14-,18+/m0/s1. The average molecular weight is 324 g/mol. The quantitative estimate of drug-likeness (QED) is 0.853. The molecular weight excluding hydrogens is 304 g/mol. The molecule has 1 aliphatic heterocycles. The van der Waals surface area contributed by atoms with Gasteiger partial charge in [0.25, 0.3) is 0 Å². The fourth-order valence-corrected chi connectivity index (χ4v) is 3.22. The van der Waals surface area contributed by atoms with E-state index in [1.807, 2.05) is 30.3 Å². The topological polar surface area (TPSA) is 69.6 Å². The monoisotopic (exact) mass is 324 g/mol. The lowest BCUT2D eigenvalue weighted by Crippen LogP contribution is -2.44. The van der Waals surface area contributed by atoms with Gasteiger partial charge in [-0.1, -0.05) is 42.5 Å². The van der Waals surface area contributed by atoms with E-state index in [0.717, 1.165) is 5.56 Å². The molecule has 124 valence electrons. The Labute approximate surface area is 140 Å². The summed E-state index contributed by atoms with van der Waals surface area (Å²) in [7, 11) is 1.74. The Morgan fingerprint density at radius 3 is 2.50 bits per heavy atom. The van der Waals surface area contributed by atoms with Crippen LogP contribution in [0.15, 0.2) is 54.6 Å². The van der Waals surface area contributed by atoms with Crippen LogP contribution in [0.25, 0.3) is 0 Å². The summed E-state index contributed by atoms with van der Waals surface area (Å²) < 4.78 is 0. The molecular formula is C19H20N2O3. The van der Waals surface area contributed by atoms with Crippen molar-refractivity contribution in [2.45, 2.75) is 18.9 Å². The number of hydrogen-bond donors (Lipinski definition) is 2. The highest BCUT2D eigenvalue weighted by Crippen LogP contribution is 2.36. The van der Waals surface area contributed by atoms with Crippen molar-refractivity contribution in [3.63, 3.8) is 0 Å². The number of rotatable bonds is 3. The minimum Gasteiger partial charge on any atom is -0.506 e. The predicted octanol–water partition coefficient (Wildman–Crippen LogP) is 2.94. The van der Waals surface area contributed by atoms with Gasteiger partial charge in [-0.25, -0.2) is 0 Å². The summed E-state index contributed by atoms with van der Waals surface area (Å²) >= 11 is 0. The van der Waals surface area contributed by atoms with Crippen LogP contribution in [-0.4, -0.2) is 28.9 Å². The zero-order valence-corrected chi connectivity index (χ0v) is 13.5. The van der Waals surface area contributed by atoms with E-state index in [1.165, 1.54) is 6.07 Å². The normalized spacial score (nSPS) is 20.7. The highest BCUT2D eigenvalue weighted by atomic mass is 16.3. The van der Waals surface area contributed by atoms with Crippen molar-refractivity contribution in [1.29, 1.82) is 0 Å². The molecule has 3 rings (SSSR count). The van der Waals surface area contributed by atoms with Crippen LogP contribution in [0.1, 0.15) is 24.4 Å². The molecule has 2 aromatic rings. The van der Waals surface area contributed by atoms with Crippen LogP contribution in [0.3, 0.4) is 0 Å². The van der Waals surface area contributed by atoms with E-state index < -0.39 is 0 Å². The third kappa shape index (κ3) is 3.11. The number of carbonyl (C=O) groups excluding carboxylic acids is 2. The Morgan fingerprint density at radius 1 is 1.12 bits per heavy atom. The molecule has 1 heterocycles. The van der Waals surface area contributed by atoms with Crippen LogP contribution in [0.5, 0.6) is 5.75 Å². The molecule has 1 saturated heterocycles. The Balaban J connectivity index is 1.88. The van der Waals surface area contributed by atoms with Crippen LogP contribution in [-0.2, 0) is 9.59 Å². The molecule has 0 aromatic heterocycles. The number of aromatic hydroxyl groups is 1. The zero-order chi connectivity index (χ0) is 17.1. The van der Waals surface area contributed by atoms with E-state index in [0.29, 0.717) is 18.5 Å². The molecule has 2 amide bonds. The number of carbonyl (C=O) groups is 2. The first kappa shape index (κ1) is 16.1. The van der Waals surface area contributed by atoms with Crippen molar-refractivity contribution in [3.8, 4) is 5.75 Å². The number of likely N-dealkylation sites (tertiary alicyclic amines) is 1. The number of benzene rings is 2. The maximum absolute atomic E-state index is 12.8. The highest BCUT2D eigenvalue weighted by molar-refractivity contribution is 5.95. The summed E-state index contributed by atoms with van der Waals surface area (Å²) in [6.45, 7) is 0. The van der Waals surface area contributed by atoms with Crippen LogP contribution >= 0.6 is 0 Å². The molecule has 0 spiro atoms. The molecule has 2 aromatic carbocycles. The number of amides is 2. The summed E-state index contributed by atoms with van der Waals surface area (Å²) in [6.07, 6.45) is 0.834. The summed E-state index contributed by atoms with van der Waals surface area (Å²) in [6, 6.07) is 15.9. The lowest BCUT2D eigenvalue weighted by molar-refractivity contribution is -0.140. The molecule has 0 aliphatic carbocycles. The highest BCUT2D eigenvalue weighted by Gasteiger charge is 2.38. The molecule has 1 aliphatic rings. The molecule has 2 atom stereocenters. The molecule has 0 unspecified atom stereocenters. The summed E-state index contributed by atoms with van der Waals surface area (Å²) in [4.78, 5) is 26.6. The second-order valence-electron chi connectivity index (χ2n) is 6.01. The van der Waals surface area contributed by atoms with Gasteiger partial charge in [0, 0.05) is 13.5 Å². The van der Waals surface area contributed by atoms with E-state index in [9.17, 15) is 14.7 Å². The predicted molar refractivity (Wildman–Crippen MR) is 91.4 cm³/mol. The van der Waals surface area contributed by atoms with Gasteiger partial charge in [0.15, 0.2) is 0 Å². The number of nitrogens with one attached hydrogen (secondary N) is 1. The lowest BCUT2D eigenvalue weighted by atomic mass is 9.84.